The summed E-state index contributed by atoms with van der Waals surface area (Å²) in [5.74, 6) is 1.36. The Kier molecular flexibility index (Phi) is 6.96. The molecule has 0 radical (unpaired) electrons. The number of H-pyrrole nitrogens is 1. The highest BCUT2D eigenvalue weighted by Crippen LogP contribution is 2.20. The second kappa shape index (κ2) is 9.63. The fraction of sp³-hybridized carbons (Fsp3) is 0.478. The minimum Gasteiger partial charge on any atom is -0.361 e. The molecule has 0 fully saturated rings. The normalized spacial score (nSPS) is 12.1. The summed E-state index contributed by atoms with van der Waals surface area (Å²) in [5, 5.41) is 9.37. The summed E-state index contributed by atoms with van der Waals surface area (Å²) in [6.07, 6.45) is 6.29. The Labute approximate surface area is 174 Å². The van der Waals surface area contributed by atoms with Gasteiger partial charge >= 0.3 is 0 Å². The lowest BCUT2D eigenvalue weighted by atomic mass is 10.1. The van der Waals surface area contributed by atoms with Crippen LogP contribution in [0.15, 0.2) is 41.7 Å². The van der Waals surface area contributed by atoms with Crippen LogP contribution < -0.4 is 5.32 Å². The molecule has 3 aromatic rings. The van der Waals surface area contributed by atoms with E-state index in [1.165, 1.54) is 22.0 Å². The van der Waals surface area contributed by atoms with E-state index in [0.717, 1.165) is 44.1 Å². The molecule has 0 saturated carbocycles. The van der Waals surface area contributed by atoms with Crippen LogP contribution in [0.2, 0.25) is 0 Å². The first-order valence-electron chi connectivity index (χ1n) is 10.6. The fourth-order valence-corrected chi connectivity index (χ4v) is 3.76. The second-order valence-electron chi connectivity index (χ2n) is 7.92. The van der Waals surface area contributed by atoms with Crippen molar-refractivity contribution in [3.05, 3.63) is 53.5 Å². The van der Waals surface area contributed by atoms with Crippen LogP contribution in [0.25, 0.3) is 10.9 Å². The number of hydrogen-bond acceptors (Lipinski definition) is 2. The minimum absolute atomic E-state index is 0.412. The molecule has 2 N–H and O–H groups in total. The summed E-state index contributed by atoms with van der Waals surface area (Å²) < 4.78 is 1.91. The molecular formula is C23H34N6. The van der Waals surface area contributed by atoms with E-state index in [0.29, 0.717) is 5.92 Å². The van der Waals surface area contributed by atoms with Gasteiger partial charge in [0.25, 0.3) is 0 Å². The molecule has 6 heteroatoms. The fourth-order valence-electron chi connectivity index (χ4n) is 3.76. The third-order valence-corrected chi connectivity index (χ3v) is 5.13. The topological polar surface area (TPSA) is 61.2 Å². The van der Waals surface area contributed by atoms with E-state index in [2.05, 4.69) is 84.8 Å². The molecule has 2 heterocycles. The van der Waals surface area contributed by atoms with Crippen molar-refractivity contribution in [2.24, 2.45) is 12.0 Å². The Morgan fingerprint density at radius 1 is 1.28 bits per heavy atom. The Morgan fingerprint density at radius 3 is 2.83 bits per heavy atom. The van der Waals surface area contributed by atoms with Crippen molar-refractivity contribution < 1.29 is 0 Å². The summed E-state index contributed by atoms with van der Waals surface area (Å²) in [4.78, 5) is 10.4. The summed E-state index contributed by atoms with van der Waals surface area (Å²) >= 11 is 0. The smallest absolute Gasteiger partial charge is 0.193 e. The van der Waals surface area contributed by atoms with Gasteiger partial charge in [0.2, 0.25) is 0 Å². The quantitative estimate of drug-likeness (QED) is 0.344. The van der Waals surface area contributed by atoms with Crippen LogP contribution in [0.4, 0.5) is 0 Å². The molecule has 0 amide bonds. The highest BCUT2D eigenvalue weighted by atomic mass is 15.3. The minimum atomic E-state index is 0.412. The number of hydrogen-bond donors (Lipinski definition) is 2. The largest absolute Gasteiger partial charge is 0.361 e. The van der Waals surface area contributed by atoms with Gasteiger partial charge < -0.3 is 15.2 Å². The number of aryl methyl sites for hydroxylation is 2. The zero-order valence-corrected chi connectivity index (χ0v) is 18.4. The number of aromatic nitrogens is 3. The predicted octanol–water partition coefficient (Wildman–Crippen LogP) is 4.05. The molecule has 156 valence electrons. The molecule has 0 saturated heterocycles. The Balaban J connectivity index is 1.61. The molecule has 6 nitrogen and oxygen atoms in total. The second-order valence-corrected chi connectivity index (χ2v) is 7.92. The molecule has 0 unspecified atom stereocenters. The number of aliphatic imine (C=N–C) groups is 1. The molecule has 3 rings (SSSR count). The van der Waals surface area contributed by atoms with Crippen molar-refractivity contribution in [3.8, 4) is 0 Å². The molecule has 0 bridgehead atoms. The molecule has 0 aliphatic carbocycles. The number of para-hydroxylation sites is 1. The number of aromatic amines is 1. The van der Waals surface area contributed by atoms with Gasteiger partial charge in [-0.3, -0.25) is 9.67 Å². The first-order valence-corrected chi connectivity index (χ1v) is 10.6. The summed E-state index contributed by atoms with van der Waals surface area (Å²) in [6, 6.07) is 8.47. The van der Waals surface area contributed by atoms with Gasteiger partial charge in [-0.2, -0.15) is 5.10 Å². The van der Waals surface area contributed by atoms with Gasteiger partial charge in [0.05, 0.1) is 5.69 Å². The first-order chi connectivity index (χ1) is 14.0. The number of nitrogens with zero attached hydrogens (tertiary/aromatic N) is 4. The number of rotatable bonds is 8. The van der Waals surface area contributed by atoms with Crippen LogP contribution in [-0.4, -0.2) is 45.8 Å². The monoisotopic (exact) mass is 394 g/mol. The van der Waals surface area contributed by atoms with E-state index in [4.69, 9.17) is 4.99 Å². The maximum atomic E-state index is 4.86. The SMILES string of the molecule is CCNC(=NCCCc1c[nH]c2ccccc12)N(C)Cc1cn(C)nc1C(C)C. The van der Waals surface area contributed by atoms with E-state index in [9.17, 15) is 0 Å². The maximum Gasteiger partial charge on any atom is 0.193 e. The Morgan fingerprint density at radius 2 is 2.07 bits per heavy atom. The van der Waals surface area contributed by atoms with Crippen molar-refractivity contribution in [2.45, 2.75) is 46.1 Å². The van der Waals surface area contributed by atoms with Crippen LogP contribution >= 0.6 is 0 Å². The van der Waals surface area contributed by atoms with E-state index < -0.39 is 0 Å². The van der Waals surface area contributed by atoms with Crippen LogP contribution in [0.3, 0.4) is 0 Å². The van der Waals surface area contributed by atoms with E-state index in [-0.39, 0.29) is 0 Å². The lowest BCUT2D eigenvalue weighted by Gasteiger charge is -2.22. The van der Waals surface area contributed by atoms with E-state index >= 15 is 0 Å². The third-order valence-electron chi connectivity index (χ3n) is 5.13. The maximum absolute atomic E-state index is 4.86. The van der Waals surface area contributed by atoms with Gasteiger partial charge in [-0.25, -0.2) is 0 Å². The van der Waals surface area contributed by atoms with Crippen LogP contribution in [0, 0.1) is 0 Å². The first kappa shape index (κ1) is 21.0. The molecule has 2 aromatic heterocycles. The molecule has 29 heavy (non-hydrogen) atoms. The molecule has 0 atom stereocenters. The number of guanidine groups is 1. The predicted molar refractivity (Wildman–Crippen MR) is 121 cm³/mol. The molecular weight excluding hydrogens is 360 g/mol. The third kappa shape index (κ3) is 5.19. The Bertz CT molecular complexity index is 949. The molecule has 0 aliphatic heterocycles. The van der Waals surface area contributed by atoms with Gasteiger partial charge in [-0.15, -0.1) is 0 Å². The van der Waals surface area contributed by atoms with E-state index in [1.54, 1.807) is 0 Å². The zero-order valence-electron chi connectivity index (χ0n) is 18.4. The van der Waals surface area contributed by atoms with Crippen molar-refractivity contribution in [1.82, 2.24) is 25.0 Å². The molecule has 0 aliphatic rings. The Hall–Kier alpha value is -2.76. The highest BCUT2D eigenvalue weighted by Gasteiger charge is 2.15. The lowest BCUT2D eigenvalue weighted by molar-refractivity contribution is 0.473. The molecule has 1 aromatic carbocycles. The van der Waals surface area contributed by atoms with Crippen molar-refractivity contribution in [2.75, 3.05) is 20.1 Å². The summed E-state index contributed by atoms with van der Waals surface area (Å²) in [7, 11) is 4.08. The van der Waals surface area contributed by atoms with Gasteiger partial charge in [0, 0.05) is 62.6 Å². The molecule has 0 spiro atoms. The van der Waals surface area contributed by atoms with Crippen molar-refractivity contribution >= 4 is 16.9 Å². The van der Waals surface area contributed by atoms with Gasteiger partial charge in [-0.05, 0) is 37.3 Å². The van der Waals surface area contributed by atoms with Crippen LogP contribution in [-0.2, 0) is 20.0 Å². The summed E-state index contributed by atoms with van der Waals surface area (Å²) in [5.41, 5.74) is 4.99. The lowest BCUT2D eigenvalue weighted by Crippen LogP contribution is -2.38. The van der Waals surface area contributed by atoms with Crippen LogP contribution in [0.1, 0.15) is 49.9 Å². The standard InChI is InChI=1S/C23H34N6/c1-6-24-23(28(4)15-19-16-29(5)27-22(19)17(2)3)25-13-9-10-18-14-26-21-12-8-7-11-20(18)21/h7-8,11-12,14,16-17,26H,6,9-10,13,15H2,1-5H3,(H,24,25). The highest BCUT2D eigenvalue weighted by molar-refractivity contribution is 5.83. The average Bonchev–Trinajstić information content (AvgIpc) is 3.27. The van der Waals surface area contributed by atoms with Gasteiger partial charge in [-0.1, -0.05) is 32.0 Å². The summed E-state index contributed by atoms with van der Waals surface area (Å²) in [6.45, 7) is 8.95. The number of fused-ring (bicyclic) bond motifs is 1. The number of benzene rings is 1. The van der Waals surface area contributed by atoms with Crippen molar-refractivity contribution in [3.63, 3.8) is 0 Å². The number of nitrogens with one attached hydrogen (secondary N) is 2. The van der Waals surface area contributed by atoms with Crippen LogP contribution in [0.5, 0.6) is 0 Å². The van der Waals surface area contributed by atoms with Gasteiger partial charge in [0.1, 0.15) is 0 Å². The van der Waals surface area contributed by atoms with Crippen molar-refractivity contribution in [1.29, 1.82) is 0 Å². The van der Waals surface area contributed by atoms with Gasteiger partial charge in [0.15, 0.2) is 5.96 Å². The zero-order chi connectivity index (χ0) is 20.8. The average molecular weight is 395 g/mol. The van der Waals surface area contributed by atoms with E-state index in [1.807, 2.05) is 11.7 Å².